The summed E-state index contributed by atoms with van der Waals surface area (Å²) in [5.41, 5.74) is -0.168. The molecule has 18 heavy (non-hydrogen) atoms. The highest BCUT2D eigenvalue weighted by Gasteiger charge is 2.15. The van der Waals surface area contributed by atoms with Crippen LogP contribution in [0.1, 0.15) is 5.56 Å². The third-order valence-electron chi connectivity index (χ3n) is 2.31. The number of nitrogens with zero attached hydrogens (tertiary/aromatic N) is 1. The van der Waals surface area contributed by atoms with Crippen LogP contribution in [-0.4, -0.2) is 4.21 Å². The van der Waals surface area contributed by atoms with Gasteiger partial charge in [0.15, 0.2) is 0 Å². The molecular weight excluding hydrogens is 317 g/mol. The van der Waals surface area contributed by atoms with Crippen LogP contribution in [-0.2, 0) is 10.8 Å². The van der Waals surface area contributed by atoms with Crippen molar-refractivity contribution in [2.75, 3.05) is 0 Å². The summed E-state index contributed by atoms with van der Waals surface area (Å²) in [5.74, 6) is -0.652. The number of halogens is 2. The molecule has 2 rings (SSSR count). The minimum atomic E-state index is -1.56. The molecular formula is C13H7BrFNOS. The molecule has 90 valence electrons. The summed E-state index contributed by atoms with van der Waals surface area (Å²) in [7, 11) is -1.56. The highest BCUT2D eigenvalue weighted by Crippen LogP contribution is 2.23. The standard InChI is InChI=1S/C13H7BrFNOS/c14-9-4-6-10(7-5-9)18(17)13-3-1-2-12(15)11(13)8-16/h1-7H/t18-/m0/s1. The first-order chi connectivity index (χ1) is 8.63. The van der Waals surface area contributed by atoms with Crippen LogP contribution < -0.4 is 0 Å². The predicted molar refractivity (Wildman–Crippen MR) is 69.9 cm³/mol. The van der Waals surface area contributed by atoms with Gasteiger partial charge in [-0.05, 0) is 36.4 Å². The van der Waals surface area contributed by atoms with Crippen LogP contribution in [0, 0.1) is 17.1 Å². The van der Waals surface area contributed by atoms with Crippen LogP contribution >= 0.6 is 15.9 Å². The van der Waals surface area contributed by atoms with Gasteiger partial charge in [0.1, 0.15) is 17.4 Å². The third kappa shape index (κ3) is 2.50. The largest absolute Gasteiger partial charge is 0.249 e. The Bertz CT molecular complexity index is 649. The van der Waals surface area contributed by atoms with Gasteiger partial charge in [0, 0.05) is 9.37 Å². The Morgan fingerprint density at radius 1 is 1.17 bits per heavy atom. The van der Waals surface area contributed by atoms with Gasteiger partial charge in [-0.15, -0.1) is 0 Å². The average molecular weight is 324 g/mol. The molecule has 2 aromatic carbocycles. The van der Waals surface area contributed by atoms with E-state index in [1.165, 1.54) is 18.2 Å². The second-order valence-corrected chi connectivity index (χ2v) is 5.81. The lowest BCUT2D eigenvalue weighted by Crippen LogP contribution is -1.98. The molecule has 0 saturated carbocycles. The maximum Gasteiger partial charge on any atom is 0.142 e. The fraction of sp³-hybridized carbons (Fsp3) is 0. The quantitative estimate of drug-likeness (QED) is 0.846. The fourth-order valence-electron chi connectivity index (χ4n) is 1.45. The molecule has 0 amide bonds. The Morgan fingerprint density at radius 2 is 1.83 bits per heavy atom. The van der Waals surface area contributed by atoms with Crippen molar-refractivity contribution in [2.45, 2.75) is 9.79 Å². The van der Waals surface area contributed by atoms with Crippen molar-refractivity contribution in [2.24, 2.45) is 0 Å². The molecule has 0 aliphatic carbocycles. The van der Waals surface area contributed by atoms with Crippen LogP contribution in [0.4, 0.5) is 4.39 Å². The smallest absolute Gasteiger partial charge is 0.142 e. The average Bonchev–Trinajstić information content (AvgIpc) is 2.38. The predicted octanol–water partition coefficient (Wildman–Crippen LogP) is 3.63. The van der Waals surface area contributed by atoms with Crippen molar-refractivity contribution in [3.8, 4) is 6.07 Å². The summed E-state index contributed by atoms with van der Waals surface area (Å²) >= 11 is 3.28. The minimum Gasteiger partial charge on any atom is -0.249 e. The van der Waals surface area contributed by atoms with E-state index in [2.05, 4.69) is 15.9 Å². The molecule has 0 bridgehead atoms. The Balaban J connectivity index is 2.50. The van der Waals surface area contributed by atoms with Crippen molar-refractivity contribution in [1.82, 2.24) is 0 Å². The van der Waals surface area contributed by atoms with Gasteiger partial charge in [-0.1, -0.05) is 22.0 Å². The number of hydrogen-bond donors (Lipinski definition) is 0. The molecule has 0 saturated heterocycles. The zero-order chi connectivity index (χ0) is 13.1. The van der Waals surface area contributed by atoms with E-state index in [4.69, 9.17) is 5.26 Å². The van der Waals surface area contributed by atoms with Crippen LogP contribution in [0.2, 0.25) is 0 Å². The molecule has 0 radical (unpaired) electrons. The lowest BCUT2D eigenvalue weighted by molar-refractivity contribution is 0.618. The zero-order valence-electron chi connectivity index (χ0n) is 9.06. The molecule has 2 nitrogen and oxygen atoms in total. The molecule has 5 heteroatoms. The van der Waals surface area contributed by atoms with Gasteiger partial charge in [0.25, 0.3) is 0 Å². The zero-order valence-corrected chi connectivity index (χ0v) is 11.5. The first-order valence-electron chi connectivity index (χ1n) is 4.99. The monoisotopic (exact) mass is 323 g/mol. The van der Waals surface area contributed by atoms with Gasteiger partial charge in [-0.2, -0.15) is 5.26 Å². The molecule has 0 unspecified atom stereocenters. The molecule has 0 aliphatic rings. The number of rotatable bonds is 2. The second-order valence-electron chi connectivity index (χ2n) is 3.45. The van der Waals surface area contributed by atoms with E-state index < -0.39 is 16.6 Å². The molecule has 1 atom stereocenters. The molecule has 0 aromatic heterocycles. The van der Waals surface area contributed by atoms with E-state index in [9.17, 15) is 8.60 Å². The van der Waals surface area contributed by atoms with Crippen LogP contribution in [0.3, 0.4) is 0 Å². The number of hydrogen-bond acceptors (Lipinski definition) is 2. The van der Waals surface area contributed by atoms with Gasteiger partial charge in [0.05, 0.1) is 15.7 Å². The van der Waals surface area contributed by atoms with E-state index in [1.54, 1.807) is 30.3 Å². The topological polar surface area (TPSA) is 40.9 Å². The fourth-order valence-corrected chi connectivity index (χ4v) is 2.88. The highest BCUT2D eigenvalue weighted by atomic mass is 79.9. The van der Waals surface area contributed by atoms with Crippen LogP contribution in [0.5, 0.6) is 0 Å². The van der Waals surface area contributed by atoms with Crippen molar-refractivity contribution < 1.29 is 8.60 Å². The van der Waals surface area contributed by atoms with Gasteiger partial charge in [-0.3, -0.25) is 0 Å². The molecule has 0 fully saturated rings. The Morgan fingerprint density at radius 3 is 2.44 bits per heavy atom. The maximum atomic E-state index is 13.4. The summed E-state index contributed by atoms with van der Waals surface area (Å²) in [6.07, 6.45) is 0. The van der Waals surface area contributed by atoms with E-state index in [-0.39, 0.29) is 10.5 Å². The second kappa shape index (κ2) is 5.42. The molecule has 0 aliphatic heterocycles. The summed E-state index contributed by atoms with van der Waals surface area (Å²) < 4.78 is 26.6. The van der Waals surface area contributed by atoms with Crippen LogP contribution in [0.15, 0.2) is 56.7 Å². The summed E-state index contributed by atoms with van der Waals surface area (Å²) in [6.45, 7) is 0. The minimum absolute atomic E-state index is 0.168. The molecule has 0 N–H and O–H groups in total. The number of benzene rings is 2. The van der Waals surface area contributed by atoms with E-state index >= 15 is 0 Å². The maximum absolute atomic E-state index is 13.4. The summed E-state index contributed by atoms with van der Waals surface area (Å²) in [4.78, 5) is 0.722. The van der Waals surface area contributed by atoms with Gasteiger partial charge >= 0.3 is 0 Å². The lowest BCUT2D eigenvalue weighted by Gasteiger charge is -2.05. The van der Waals surface area contributed by atoms with Crippen molar-refractivity contribution in [1.29, 1.82) is 5.26 Å². The SMILES string of the molecule is N#Cc1c(F)cccc1[S@@](=O)c1ccc(Br)cc1. The third-order valence-corrected chi connectivity index (χ3v) is 4.28. The van der Waals surface area contributed by atoms with E-state index in [0.29, 0.717) is 4.90 Å². The Labute approximate surface area is 115 Å². The Hall–Kier alpha value is -1.51. The molecule has 0 heterocycles. The lowest BCUT2D eigenvalue weighted by atomic mass is 10.2. The van der Waals surface area contributed by atoms with Crippen molar-refractivity contribution in [3.63, 3.8) is 0 Å². The van der Waals surface area contributed by atoms with Gasteiger partial charge < -0.3 is 0 Å². The van der Waals surface area contributed by atoms with Crippen LogP contribution in [0.25, 0.3) is 0 Å². The molecule has 0 spiro atoms. The van der Waals surface area contributed by atoms with Gasteiger partial charge in [-0.25, -0.2) is 8.60 Å². The summed E-state index contributed by atoms with van der Waals surface area (Å²) in [6, 6.07) is 12.7. The molecule has 2 aromatic rings. The van der Waals surface area contributed by atoms with Gasteiger partial charge in [0.2, 0.25) is 0 Å². The first kappa shape index (κ1) is 12.9. The van der Waals surface area contributed by atoms with Crippen molar-refractivity contribution >= 4 is 26.7 Å². The first-order valence-corrected chi connectivity index (χ1v) is 6.93. The van der Waals surface area contributed by atoms with E-state index in [0.717, 1.165) is 4.47 Å². The van der Waals surface area contributed by atoms with E-state index in [1.807, 2.05) is 0 Å². The normalized spacial score (nSPS) is 11.8. The van der Waals surface area contributed by atoms with Crippen molar-refractivity contribution in [3.05, 3.63) is 58.3 Å². The Kier molecular flexibility index (Phi) is 3.90. The number of nitriles is 1. The highest BCUT2D eigenvalue weighted by molar-refractivity contribution is 9.10. The summed E-state index contributed by atoms with van der Waals surface area (Å²) in [5, 5.41) is 8.91.